The Morgan fingerprint density at radius 2 is 2.25 bits per heavy atom. The van der Waals surface area contributed by atoms with Crippen LogP contribution in [0.2, 0.25) is 0 Å². The normalized spacial score (nSPS) is 37.8. The van der Waals surface area contributed by atoms with E-state index in [0.717, 1.165) is 0 Å². The number of hydrogen-bond donors (Lipinski definition) is 1. The zero-order valence-electron chi connectivity index (χ0n) is 5.31. The first-order chi connectivity index (χ1) is 3.79. The van der Waals surface area contributed by atoms with Crippen LogP contribution in [0.15, 0.2) is 12.2 Å². The minimum Gasteiger partial charge on any atom is -0.307 e. The second kappa shape index (κ2) is 2.31. The van der Waals surface area contributed by atoms with Crippen molar-refractivity contribution in [2.45, 2.75) is 25.9 Å². The number of hydrogen-bond acceptors (Lipinski definition) is 1. The van der Waals surface area contributed by atoms with Gasteiger partial charge in [-0.05, 0) is 13.8 Å². The summed E-state index contributed by atoms with van der Waals surface area (Å²) in [6, 6.07) is 0.946. The molecular formula is C7H11N. The summed E-state index contributed by atoms with van der Waals surface area (Å²) in [5.41, 5.74) is 0. The van der Waals surface area contributed by atoms with Crippen molar-refractivity contribution in [3.63, 3.8) is 0 Å². The predicted molar refractivity (Wildman–Crippen MR) is 34.4 cm³/mol. The van der Waals surface area contributed by atoms with E-state index in [2.05, 4.69) is 31.7 Å². The summed E-state index contributed by atoms with van der Waals surface area (Å²) < 4.78 is 0. The van der Waals surface area contributed by atoms with Gasteiger partial charge in [0.05, 0.1) is 0 Å². The van der Waals surface area contributed by atoms with Gasteiger partial charge >= 0.3 is 0 Å². The Balaban J connectivity index is 2.42. The zero-order valence-corrected chi connectivity index (χ0v) is 5.31. The van der Waals surface area contributed by atoms with Gasteiger partial charge in [0.2, 0.25) is 0 Å². The molecule has 0 amide bonds. The Bertz CT molecular complexity index is 96.6. The molecule has 2 unspecified atom stereocenters. The van der Waals surface area contributed by atoms with Crippen LogP contribution in [-0.4, -0.2) is 12.1 Å². The molecule has 44 valence electrons. The third-order valence-electron chi connectivity index (χ3n) is 1.24. The lowest BCUT2D eigenvalue weighted by molar-refractivity contribution is 0.553. The highest BCUT2D eigenvalue weighted by atomic mass is 14.9. The fraction of sp³-hybridized carbons (Fsp3) is 0.571. The van der Waals surface area contributed by atoms with E-state index >= 15 is 0 Å². The first-order valence-electron chi connectivity index (χ1n) is 2.98. The fourth-order valence-electron chi connectivity index (χ4n) is 0.842. The van der Waals surface area contributed by atoms with Gasteiger partial charge in [0.15, 0.2) is 0 Å². The molecule has 0 saturated carbocycles. The Labute approximate surface area is 50.8 Å². The fourth-order valence-corrected chi connectivity index (χ4v) is 0.842. The Kier molecular flexibility index (Phi) is 1.69. The van der Waals surface area contributed by atoms with Gasteiger partial charge in [0.1, 0.15) is 0 Å². The number of nitrogens with one attached hydrogen (secondary N) is 1. The Morgan fingerprint density at radius 1 is 1.50 bits per heavy atom. The summed E-state index contributed by atoms with van der Waals surface area (Å²) in [6.45, 7) is 4.23. The zero-order chi connectivity index (χ0) is 5.98. The highest BCUT2D eigenvalue weighted by Gasteiger charge is 2.07. The van der Waals surface area contributed by atoms with Gasteiger partial charge in [0, 0.05) is 18.5 Å². The van der Waals surface area contributed by atoms with Crippen LogP contribution in [0.3, 0.4) is 0 Å². The molecule has 1 nitrogen and oxygen atoms in total. The smallest absolute Gasteiger partial charge is 0.0263 e. The first kappa shape index (κ1) is 5.83. The van der Waals surface area contributed by atoms with E-state index in [-0.39, 0.29) is 0 Å². The van der Waals surface area contributed by atoms with Gasteiger partial charge in [-0.3, -0.25) is 0 Å². The van der Waals surface area contributed by atoms with E-state index in [0.29, 0.717) is 12.1 Å². The lowest BCUT2D eigenvalue weighted by Gasteiger charge is -2.19. The van der Waals surface area contributed by atoms with Crippen LogP contribution in [0.1, 0.15) is 13.8 Å². The largest absolute Gasteiger partial charge is 0.307 e. The summed E-state index contributed by atoms with van der Waals surface area (Å²) in [5.74, 6) is 0. The quantitative estimate of drug-likeness (QED) is 0.489. The molecule has 0 aliphatic carbocycles. The molecule has 1 aliphatic heterocycles. The van der Waals surface area contributed by atoms with Gasteiger partial charge in [-0.1, -0.05) is 12.2 Å². The maximum atomic E-state index is 3.28. The molecule has 8 heavy (non-hydrogen) atoms. The maximum Gasteiger partial charge on any atom is 0.0263 e. The second-order valence-electron chi connectivity index (χ2n) is 2.20. The van der Waals surface area contributed by atoms with Crippen molar-refractivity contribution in [1.29, 1.82) is 0 Å². The van der Waals surface area contributed by atoms with Crippen LogP contribution in [0, 0.1) is 6.42 Å². The highest BCUT2D eigenvalue weighted by Crippen LogP contribution is 2.00. The molecule has 0 aromatic carbocycles. The predicted octanol–water partition coefficient (Wildman–Crippen LogP) is 1.00. The number of rotatable bonds is 0. The van der Waals surface area contributed by atoms with Crippen LogP contribution >= 0.6 is 0 Å². The van der Waals surface area contributed by atoms with Crippen molar-refractivity contribution in [3.8, 4) is 0 Å². The lowest BCUT2D eigenvalue weighted by atomic mass is 10.1. The van der Waals surface area contributed by atoms with Crippen molar-refractivity contribution >= 4 is 0 Å². The molecule has 1 heterocycles. The summed E-state index contributed by atoms with van der Waals surface area (Å²) in [7, 11) is 0. The van der Waals surface area contributed by atoms with Gasteiger partial charge in [0.25, 0.3) is 0 Å². The molecule has 1 aliphatic rings. The lowest BCUT2D eigenvalue weighted by Crippen LogP contribution is -2.35. The average molecular weight is 109 g/mol. The third-order valence-corrected chi connectivity index (χ3v) is 1.24. The highest BCUT2D eigenvalue weighted by molar-refractivity contribution is 5.09. The summed E-state index contributed by atoms with van der Waals surface area (Å²) in [4.78, 5) is 0. The van der Waals surface area contributed by atoms with Crippen molar-refractivity contribution in [2.75, 3.05) is 0 Å². The molecular weight excluding hydrogens is 98.1 g/mol. The molecule has 0 aromatic heterocycles. The Morgan fingerprint density at radius 3 is 2.62 bits per heavy atom. The topological polar surface area (TPSA) is 12.0 Å². The third kappa shape index (κ3) is 1.34. The SMILES string of the molecule is CC1[C]C=CC(C)N1. The van der Waals surface area contributed by atoms with Crippen LogP contribution in [0.4, 0.5) is 0 Å². The van der Waals surface area contributed by atoms with E-state index in [4.69, 9.17) is 0 Å². The van der Waals surface area contributed by atoms with Crippen molar-refractivity contribution in [3.05, 3.63) is 18.6 Å². The van der Waals surface area contributed by atoms with Gasteiger partial charge in [-0.15, -0.1) is 0 Å². The molecule has 2 radical (unpaired) electrons. The molecule has 0 saturated heterocycles. The van der Waals surface area contributed by atoms with Crippen molar-refractivity contribution in [2.24, 2.45) is 0 Å². The maximum absolute atomic E-state index is 3.28. The average Bonchev–Trinajstić information content (AvgIpc) is 1.64. The van der Waals surface area contributed by atoms with Crippen LogP contribution < -0.4 is 5.32 Å². The van der Waals surface area contributed by atoms with E-state index in [1.807, 2.05) is 6.08 Å². The first-order valence-corrected chi connectivity index (χ1v) is 2.98. The van der Waals surface area contributed by atoms with Crippen molar-refractivity contribution in [1.82, 2.24) is 5.32 Å². The van der Waals surface area contributed by atoms with Crippen LogP contribution in [0.25, 0.3) is 0 Å². The monoisotopic (exact) mass is 109 g/mol. The van der Waals surface area contributed by atoms with Gasteiger partial charge in [-0.2, -0.15) is 0 Å². The van der Waals surface area contributed by atoms with Gasteiger partial charge < -0.3 is 5.32 Å². The summed E-state index contributed by atoms with van der Waals surface area (Å²) in [6.07, 6.45) is 7.21. The van der Waals surface area contributed by atoms with Crippen LogP contribution in [0.5, 0.6) is 0 Å². The Hall–Kier alpha value is -0.300. The minimum absolute atomic E-state index is 0.426. The molecule has 0 spiro atoms. The van der Waals surface area contributed by atoms with E-state index in [1.165, 1.54) is 0 Å². The van der Waals surface area contributed by atoms with E-state index in [1.54, 1.807) is 0 Å². The minimum atomic E-state index is 0.426. The molecule has 1 N–H and O–H groups in total. The second-order valence-corrected chi connectivity index (χ2v) is 2.20. The van der Waals surface area contributed by atoms with Crippen molar-refractivity contribution < 1.29 is 0 Å². The summed E-state index contributed by atoms with van der Waals surface area (Å²) in [5, 5.41) is 3.28. The summed E-state index contributed by atoms with van der Waals surface area (Å²) >= 11 is 0. The standard InChI is InChI=1S/C7H11N/c1-6-4-3-5-7(2)8-6/h3-4,6-8H,1-2H3. The van der Waals surface area contributed by atoms with Crippen LogP contribution in [-0.2, 0) is 0 Å². The van der Waals surface area contributed by atoms with E-state index in [9.17, 15) is 0 Å². The van der Waals surface area contributed by atoms with Gasteiger partial charge in [-0.25, -0.2) is 0 Å². The molecule has 1 rings (SSSR count). The molecule has 1 heteroatoms. The van der Waals surface area contributed by atoms with E-state index < -0.39 is 0 Å². The molecule has 0 aromatic rings. The molecule has 0 bridgehead atoms. The molecule has 0 fully saturated rings. The molecule has 2 atom stereocenters.